The quantitative estimate of drug-likeness (QED) is 0.0255. The summed E-state index contributed by atoms with van der Waals surface area (Å²) in [5.41, 5.74) is 0. The first-order valence-electron chi connectivity index (χ1n) is 30.9. The summed E-state index contributed by atoms with van der Waals surface area (Å²) in [6.07, 6.45) is -68.8. The van der Waals surface area contributed by atoms with Gasteiger partial charge in [-0.15, -0.1) is 0 Å². The predicted octanol–water partition coefficient (Wildman–Crippen LogP) is -18.3. The van der Waals surface area contributed by atoms with Crippen molar-refractivity contribution in [1.82, 2.24) is 21.3 Å². The highest BCUT2D eigenvalue weighted by atomic mass is 32.3. The summed E-state index contributed by atoms with van der Waals surface area (Å²) in [6.45, 7) is -4.71. The Kier molecular flexibility index (Phi) is 29.4. The molecule has 23 N–H and O–H groups in total. The van der Waals surface area contributed by atoms with E-state index in [1.54, 1.807) is 0 Å². The number of aliphatic hydroxyl groups excluding tert-OH is 19. The molecule has 7 fully saturated rings. The fraction of sp³-hybridized carbons (Fsp3) is 0.906. The van der Waals surface area contributed by atoms with E-state index >= 15 is 0 Å². The number of carboxylic acids is 1. The molecule has 0 aliphatic carbocycles. The first kappa shape index (κ1) is 83.2. The van der Waals surface area contributed by atoms with Gasteiger partial charge in [-0.25, -0.2) is 8.42 Å². The van der Waals surface area contributed by atoms with Crippen LogP contribution in [0.1, 0.15) is 34.1 Å². The molecule has 0 unspecified atom stereocenters. The van der Waals surface area contributed by atoms with E-state index in [2.05, 4.69) is 25.5 Å². The minimum absolute atomic E-state index is 0.760. The van der Waals surface area contributed by atoms with Crippen molar-refractivity contribution in [2.45, 2.75) is 254 Å². The lowest BCUT2D eigenvalue weighted by Crippen LogP contribution is -2.72. The highest BCUT2D eigenvalue weighted by Gasteiger charge is 2.61. The second kappa shape index (κ2) is 35.4. The van der Waals surface area contributed by atoms with Gasteiger partial charge < -0.3 is 194 Å². The van der Waals surface area contributed by atoms with Gasteiger partial charge in [-0.05, 0) is 0 Å². The van der Waals surface area contributed by atoms with E-state index in [1.165, 1.54) is 0 Å². The van der Waals surface area contributed by atoms with E-state index in [1.807, 2.05) is 0 Å². The summed E-state index contributed by atoms with van der Waals surface area (Å²) in [7, 11) is -5.79. The summed E-state index contributed by atoms with van der Waals surface area (Å²) in [5, 5.41) is 232. The Balaban J connectivity index is 1.14. The number of carbonyl (C=O) groups excluding carboxylic acids is 5. The van der Waals surface area contributed by atoms with E-state index in [0.29, 0.717) is 0 Å². The molecule has 0 aromatic rings. The molecule has 7 aliphatic heterocycles. The van der Waals surface area contributed by atoms with Gasteiger partial charge >= 0.3 is 0 Å². The minimum atomic E-state index is -5.79. The molecule has 578 valence electrons. The van der Waals surface area contributed by atoms with Crippen LogP contribution in [0.4, 0.5) is 0 Å². The van der Waals surface area contributed by atoms with E-state index in [4.69, 9.17) is 61.6 Å². The number of ether oxygens (including phenoxy) is 13. The molecule has 100 heavy (non-hydrogen) atoms. The van der Waals surface area contributed by atoms with Gasteiger partial charge in [0.25, 0.3) is 0 Å². The van der Waals surface area contributed by atoms with Gasteiger partial charge in [0.05, 0.1) is 58.4 Å². The first-order valence-corrected chi connectivity index (χ1v) is 32.2. The molecule has 0 radical (unpaired) electrons. The average Bonchev–Trinajstić information content (AvgIpc) is 0.761. The summed E-state index contributed by atoms with van der Waals surface area (Å²) in [4.78, 5) is 62.8. The Morgan fingerprint density at radius 2 is 0.800 bits per heavy atom. The van der Waals surface area contributed by atoms with Crippen molar-refractivity contribution in [1.29, 1.82) is 0 Å². The number of carbonyl (C=O) groups is 5. The van der Waals surface area contributed by atoms with Crippen LogP contribution in [0.25, 0.3) is 0 Å². The number of carboxylic acid groups (broad SMARTS) is 1. The van der Waals surface area contributed by atoms with E-state index in [0.717, 1.165) is 27.7 Å². The highest BCUT2D eigenvalue weighted by molar-refractivity contribution is 7.80. The van der Waals surface area contributed by atoms with Gasteiger partial charge in [0.1, 0.15) is 171 Å². The van der Waals surface area contributed by atoms with Crippen LogP contribution in [0.5, 0.6) is 0 Å². The van der Waals surface area contributed by atoms with Crippen LogP contribution in [0.15, 0.2) is 0 Å². The number of hydrogen-bond acceptors (Lipinski definition) is 42. The summed E-state index contributed by atoms with van der Waals surface area (Å²) in [5.74, 6) is -9.55. The number of amides is 4. The summed E-state index contributed by atoms with van der Waals surface area (Å²) in [6, 6.07) is -7.47. The van der Waals surface area contributed by atoms with Crippen LogP contribution in [0, 0.1) is 0 Å². The molecule has 7 rings (SSSR count). The second-order valence-corrected chi connectivity index (χ2v) is 25.5. The van der Waals surface area contributed by atoms with Gasteiger partial charge in [0.15, 0.2) is 37.7 Å². The maximum atomic E-state index is 13.0. The van der Waals surface area contributed by atoms with Crippen molar-refractivity contribution < 1.29 is 205 Å². The molecule has 0 spiro atoms. The van der Waals surface area contributed by atoms with Crippen LogP contribution >= 0.6 is 0 Å². The Morgan fingerprint density at radius 3 is 1.19 bits per heavy atom. The molecule has 0 bridgehead atoms. The predicted molar refractivity (Wildman–Crippen MR) is 301 cm³/mol. The van der Waals surface area contributed by atoms with Crippen molar-refractivity contribution in [2.24, 2.45) is 0 Å². The molecule has 0 saturated carbocycles. The van der Waals surface area contributed by atoms with Crippen LogP contribution in [0.3, 0.4) is 0 Å². The SMILES string of the molecule is CC(=O)N[C@@H]1[C@@H](O)[C@H](O[C@@H]2O[C@H](CO)[C@H](O)[C@H](O[C@@H]3O[C@H](CO)[C@@H](O[C@@H]4O[C@H](CO)[C@H](O)[C@H](O[C@@H]5O[C@H](COS(=O)(=O)[O-])[C@@H](O[C@@H]6O[C@H](CO)[C@H](O)[C@H](O[C@]7(C(=O)[O-])C[C@H](O)[C@@H](NC(C)=O)[C@H]([C@H](O)[C@H](O)CO)O7)[C@H]6O)[C@H](O)[C@H]5NC(C)=O)[C@H]4O)[C@H](O)[C@H]3NC(C)=O)[C@H]2O)[C@@H](CO)O[C@H]1O. The Hall–Kier alpha value is -4.06. The Bertz CT molecular complexity index is 2810. The topological polar surface area (TPSA) is 727 Å². The molecular weight excluding hydrogens is 1400 g/mol. The van der Waals surface area contributed by atoms with E-state index in [9.17, 15) is 139 Å². The Labute approximate surface area is 565 Å². The average molecular weight is 1480 g/mol. The molecule has 0 aromatic carbocycles. The maximum absolute atomic E-state index is 13.0. The monoisotopic (exact) mass is 1480 g/mol. The first-order chi connectivity index (χ1) is 46.9. The fourth-order valence-electron chi connectivity index (χ4n) is 12.4. The molecule has 36 atom stereocenters. The maximum Gasteiger partial charge on any atom is 0.217 e. The van der Waals surface area contributed by atoms with E-state index < -0.39 is 313 Å². The lowest BCUT2D eigenvalue weighted by Gasteiger charge is -2.52. The third-order valence-corrected chi connectivity index (χ3v) is 17.7. The van der Waals surface area contributed by atoms with Gasteiger partial charge in [0, 0.05) is 34.1 Å². The summed E-state index contributed by atoms with van der Waals surface area (Å²) >= 11 is 0. The lowest BCUT2D eigenvalue weighted by atomic mass is 9.88. The van der Waals surface area contributed by atoms with Crippen LogP contribution in [-0.4, -0.2) is 406 Å². The Morgan fingerprint density at radius 1 is 0.460 bits per heavy atom. The third kappa shape index (κ3) is 18.9. The highest BCUT2D eigenvalue weighted by Crippen LogP contribution is 2.41. The van der Waals surface area contributed by atoms with Gasteiger partial charge in [-0.3, -0.25) is 23.4 Å². The number of hydrogen-bond donors (Lipinski definition) is 23. The van der Waals surface area contributed by atoms with E-state index in [-0.39, 0.29) is 0 Å². The minimum Gasteiger partial charge on any atom is -0.726 e. The normalized spacial score (nSPS) is 44.8. The zero-order chi connectivity index (χ0) is 74.5. The molecule has 47 heteroatoms. The van der Waals surface area contributed by atoms with Crippen molar-refractivity contribution in [3.05, 3.63) is 0 Å². The van der Waals surface area contributed by atoms with Gasteiger partial charge in [-0.2, -0.15) is 0 Å². The van der Waals surface area contributed by atoms with Crippen LogP contribution in [0.2, 0.25) is 0 Å². The van der Waals surface area contributed by atoms with Crippen molar-refractivity contribution in [3.63, 3.8) is 0 Å². The smallest absolute Gasteiger partial charge is 0.217 e. The van der Waals surface area contributed by atoms with Crippen molar-refractivity contribution in [3.8, 4) is 0 Å². The zero-order valence-corrected chi connectivity index (χ0v) is 54.0. The fourth-order valence-corrected chi connectivity index (χ4v) is 12.7. The molecule has 7 saturated heterocycles. The zero-order valence-electron chi connectivity index (χ0n) is 53.2. The molecule has 0 aromatic heterocycles. The van der Waals surface area contributed by atoms with Crippen LogP contribution in [-0.2, 0) is 100 Å². The number of aliphatic carboxylic acids is 1. The molecule has 7 heterocycles. The molecule has 46 nitrogen and oxygen atoms in total. The largest absolute Gasteiger partial charge is 0.726 e. The third-order valence-electron chi connectivity index (χ3n) is 17.3. The van der Waals surface area contributed by atoms with Crippen molar-refractivity contribution in [2.75, 3.05) is 46.2 Å². The van der Waals surface area contributed by atoms with Gasteiger partial charge in [-0.1, -0.05) is 0 Å². The molecule has 7 aliphatic rings. The standard InChI is InChI=1S/C53H88N4O42S/c1-13(64)54-25-17(68)5-53(52(81)82,98-42(25)29(70)18(69)6-58)99-45-32(73)21(9-61)90-51(38(45)79)95-41-24(12-86-100(83,84)85)92-48(28(35(41)76)57-16(4)67)97-44-31(72)20(8-60)89-50(37(44)78)94-40-23(11-63)91-47(27(34(40)75)56-15(3)66)96-43-30(71)19(7-59)88-49(36(43)77)93-39-22(10-62)87-46(80)26(33(39)74)55-14(2)65/h17-51,58-63,68-80H,5-12H2,1-4H3,(H,54,64)(H,55,65)(H,56,66)(H,57,67)(H,81,82)(H,83,84,85)/p-2/t17-,18+,19+,20+,21+,22+,23+,24+,25+,26+,27+,28+,29+,30-,31-,32-,33+,34+,35+,36+,37+,38+,39+,40+,41+,42+,43-,44-,45-,46+,47-,48-,49-,50-,51-,53-/m0/s1. The van der Waals surface area contributed by atoms with Crippen molar-refractivity contribution >= 4 is 40.0 Å². The van der Waals surface area contributed by atoms with Gasteiger partial charge in [0.2, 0.25) is 39.8 Å². The molecular formula is C53H86N4O42S-2. The number of nitrogens with one attached hydrogen (secondary N) is 4. The number of rotatable bonds is 28. The van der Waals surface area contributed by atoms with Crippen LogP contribution < -0.4 is 26.4 Å². The molecule has 4 amide bonds. The summed E-state index contributed by atoms with van der Waals surface area (Å²) < 4.78 is 115. The second-order valence-electron chi connectivity index (χ2n) is 24.4. The lowest BCUT2D eigenvalue weighted by molar-refractivity contribution is -0.411. The number of aliphatic hydroxyl groups is 19.